The summed E-state index contributed by atoms with van der Waals surface area (Å²) in [6.07, 6.45) is 33.5. The van der Waals surface area contributed by atoms with Crippen LogP contribution in [0.4, 0.5) is 0 Å². The number of nitrogens with zero attached hydrogens (tertiary/aromatic N) is 1. The number of amides is 2. The Morgan fingerprint density at radius 3 is 1.05 bits per heavy atom. The van der Waals surface area contributed by atoms with Crippen LogP contribution in [0.1, 0.15) is 403 Å². The van der Waals surface area contributed by atoms with Crippen LogP contribution < -0.4 is 10.6 Å². The van der Waals surface area contributed by atoms with E-state index in [1.807, 2.05) is 6.92 Å². The molecule has 1 saturated heterocycles. The summed E-state index contributed by atoms with van der Waals surface area (Å²) in [6, 6.07) is -3.59. The molecule has 0 aromatic carbocycles. The van der Waals surface area contributed by atoms with Crippen LogP contribution in [0.3, 0.4) is 0 Å². The zero-order valence-electron chi connectivity index (χ0n) is 68.5. The van der Waals surface area contributed by atoms with Crippen LogP contribution in [0.2, 0.25) is 0 Å². The van der Waals surface area contributed by atoms with E-state index < -0.39 is 131 Å². The second-order valence-corrected chi connectivity index (χ2v) is 30.9. The van der Waals surface area contributed by atoms with Crippen molar-refractivity contribution in [3.63, 3.8) is 0 Å². The zero-order chi connectivity index (χ0) is 78.7. The Bertz CT molecular complexity index is 2200. The Morgan fingerprint density at radius 1 is 0.415 bits per heavy atom. The third kappa shape index (κ3) is 58.2. The summed E-state index contributed by atoms with van der Waals surface area (Å²) in [5, 5.41) is 26.8. The molecule has 1 aliphatic heterocycles. The van der Waals surface area contributed by atoms with Gasteiger partial charge >= 0.3 is 37.7 Å². The molecule has 0 aliphatic carbocycles. The van der Waals surface area contributed by atoms with E-state index in [0.717, 1.165) is 199 Å². The predicted molar refractivity (Wildman–Crippen MR) is 422 cm³/mol. The number of hydrogen-bond donors (Lipinski definition) is 6. The quantitative estimate of drug-likeness (QED) is 0.0143. The first-order chi connectivity index (χ1) is 51.2. The van der Waals surface area contributed by atoms with Gasteiger partial charge < -0.3 is 64.0 Å². The average Bonchev–Trinajstić information content (AvgIpc) is 0.780. The summed E-state index contributed by atoms with van der Waals surface area (Å²) >= 11 is 0. The number of esters is 4. The first-order valence-corrected chi connectivity index (χ1v) is 44.7. The van der Waals surface area contributed by atoms with Gasteiger partial charge in [0.1, 0.15) is 36.6 Å². The Balaban J connectivity index is 0.0000149. The molecule has 2 amide bonds. The Hall–Kier alpha value is -3.76. The summed E-state index contributed by atoms with van der Waals surface area (Å²) < 4.78 is 54.5. The van der Waals surface area contributed by atoms with Gasteiger partial charge in [0.05, 0.1) is 32.5 Å². The fraction of sp³-hybridized carbons (Fsp3) is 0.916. The molecular formula is C83H158N3O19P. The summed E-state index contributed by atoms with van der Waals surface area (Å²) in [7, 11) is -5.56. The molecular weight excluding hydrogens is 1370 g/mol. The number of hydrogen-bond acceptors (Lipinski definition) is 17. The van der Waals surface area contributed by atoms with Gasteiger partial charge in [-0.2, -0.15) is 0 Å². The topological polar surface area (TPSA) is 309 Å². The van der Waals surface area contributed by atoms with Gasteiger partial charge in [-0.1, -0.05) is 306 Å². The lowest BCUT2D eigenvalue weighted by Crippen LogP contribution is -2.66. The highest BCUT2D eigenvalue weighted by Crippen LogP contribution is 2.42. The van der Waals surface area contributed by atoms with Gasteiger partial charge in [-0.05, 0) is 77.4 Å². The van der Waals surface area contributed by atoms with Crippen LogP contribution in [0, 0.1) is 0 Å². The number of carbonyl (C=O) groups is 7. The number of phosphoric acid groups is 1. The predicted octanol–water partition coefficient (Wildman–Crippen LogP) is 19.0. The zero-order valence-corrected chi connectivity index (χ0v) is 69.4. The highest BCUT2D eigenvalue weighted by molar-refractivity contribution is 7.46. The van der Waals surface area contributed by atoms with Gasteiger partial charge in [-0.25, -0.2) is 9.36 Å². The molecule has 1 rings (SSSR count). The summed E-state index contributed by atoms with van der Waals surface area (Å²) in [6.45, 7) is 21.1. The van der Waals surface area contributed by atoms with Crippen molar-refractivity contribution in [2.24, 2.45) is 0 Å². The maximum Gasteiger partial charge on any atom is 0.470 e. The van der Waals surface area contributed by atoms with E-state index in [1.165, 1.54) is 64.6 Å². The monoisotopic (exact) mass is 1530 g/mol. The van der Waals surface area contributed by atoms with Crippen molar-refractivity contribution in [3.05, 3.63) is 0 Å². The minimum absolute atomic E-state index is 0.111. The highest BCUT2D eigenvalue weighted by atomic mass is 31.2. The molecule has 0 saturated carbocycles. The van der Waals surface area contributed by atoms with Crippen molar-refractivity contribution < 1.29 is 91.1 Å². The number of aliphatic carboxylic acids is 1. The van der Waals surface area contributed by atoms with Crippen molar-refractivity contribution in [2.75, 3.05) is 32.8 Å². The fourth-order valence-electron chi connectivity index (χ4n) is 13.5. The van der Waals surface area contributed by atoms with Crippen LogP contribution in [0.5, 0.6) is 0 Å². The first-order valence-electron chi connectivity index (χ1n) is 43.1. The van der Waals surface area contributed by atoms with E-state index in [4.69, 9.17) is 32.9 Å². The van der Waals surface area contributed by atoms with Crippen molar-refractivity contribution in [1.29, 1.82) is 0 Å². The molecule has 0 bridgehead atoms. The highest BCUT2D eigenvalue weighted by Gasteiger charge is 2.52. The van der Waals surface area contributed by atoms with Crippen LogP contribution in [-0.2, 0) is 71.1 Å². The van der Waals surface area contributed by atoms with Crippen molar-refractivity contribution in [1.82, 2.24) is 15.5 Å². The fourth-order valence-corrected chi connectivity index (χ4v) is 14.0. The molecule has 0 aromatic heterocycles. The molecule has 0 aromatic rings. The molecule has 0 unspecified atom stereocenters. The Kier molecular flexibility index (Phi) is 67.9. The van der Waals surface area contributed by atoms with E-state index in [1.54, 1.807) is 0 Å². The van der Waals surface area contributed by atoms with E-state index in [0.29, 0.717) is 51.4 Å². The summed E-state index contributed by atoms with van der Waals surface area (Å²) in [5.74, 6) is -5.57. The smallest absolute Gasteiger partial charge is 0.470 e. The Labute approximate surface area is 643 Å². The van der Waals surface area contributed by atoms with Gasteiger partial charge in [0.15, 0.2) is 18.4 Å². The number of rotatable bonds is 72. The van der Waals surface area contributed by atoms with Crippen molar-refractivity contribution in [2.45, 2.75) is 458 Å². The van der Waals surface area contributed by atoms with Gasteiger partial charge in [0.2, 0.25) is 11.8 Å². The van der Waals surface area contributed by atoms with Crippen LogP contribution in [-0.4, -0.2) is 154 Å². The summed E-state index contributed by atoms with van der Waals surface area (Å²) in [4.78, 5) is 120. The normalized spacial score (nSPS) is 17.0. The third-order valence-electron chi connectivity index (χ3n) is 20.0. The largest absolute Gasteiger partial charge is 0.480 e. The molecule has 106 heavy (non-hydrogen) atoms. The Morgan fingerprint density at radius 2 is 0.726 bits per heavy atom. The number of carboxylic acids is 1. The maximum atomic E-state index is 14.8. The molecule has 1 fully saturated rings. The average molecular weight is 1530 g/mol. The lowest BCUT2D eigenvalue weighted by Gasteiger charge is -2.45. The number of aliphatic hydroxyl groups excluding tert-OH is 1. The van der Waals surface area contributed by atoms with E-state index in [2.05, 4.69) is 70.9 Å². The molecule has 9 atom stereocenters. The second kappa shape index (κ2) is 70.4. The standard InChI is InChI=1S/C77H143N2O19P.C6H15N/c1-7-13-19-24-29-32-37-40-46-51-62(93-70(84)55-49-43-35-27-22-16-10-4)57-67(81)78-65(76(87)88)61-92-77-73(79-68(82)58-63(52-47-41-38-33-30-25-20-14-8-2)94-71(85)56-50-44-36-28-23-17-11-5)75(74(66(60-80)96-77)98-99(89,90)91)97-72(86)59-64(95-69(83)54-45-18-12-6)53-48-42-39-34-31-26-21-15-9-3;1-4-7(5-2)6-3/h62-66,73-75,77,80H,7-61H2,1-6H3,(H,78,81)(H,79,82)(H,87,88)(H2,89,90,91);4-6H2,1-3H3/t62-,63-,64-,65+,66-,73-,74-,75-,77+;/m1./s1. The summed E-state index contributed by atoms with van der Waals surface area (Å²) in [5.41, 5.74) is 0. The SMILES string of the molecule is CCCCCCCCCCC[C@H](CC(=O)N[C@H]1[C@@H](OC[C@H](NC(=O)C[C@@H](CCCCCCCCCCC)OC(=O)CCCCCCCCC)C(=O)O)O[C@H](CO)[C@@H](OP(=O)(O)O)[C@@H]1OC(=O)C[C@@H](CCCCCCCCCCC)OC(=O)CCCCC)OC(=O)CCCCCCCCC.CCN(CC)CC. The van der Waals surface area contributed by atoms with Gasteiger partial charge in [0.25, 0.3) is 0 Å². The van der Waals surface area contributed by atoms with Crippen molar-refractivity contribution in [3.8, 4) is 0 Å². The third-order valence-corrected chi connectivity index (χ3v) is 20.6. The lowest BCUT2D eigenvalue weighted by molar-refractivity contribution is -0.272. The number of unbranched alkanes of at least 4 members (excludes halogenated alkanes) is 38. The first kappa shape index (κ1) is 102. The van der Waals surface area contributed by atoms with Gasteiger partial charge in [-0.3, -0.25) is 33.3 Å². The number of aliphatic hydroxyl groups is 1. The van der Waals surface area contributed by atoms with Gasteiger partial charge in [-0.15, -0.1) is 0 Å². The number of carboxylic acid groups (broad SMARTS) is 1. The molecule has 6 N–H and O–H groups in total. The lowest BCUT2D eigenvalue weighted by atomic mass is 9.95. The number of carbonyl (C=O) groups excluding carboxylic acids is 6. The van der Waals surface area contributed by atoms with Crippen LogP contribution in [0.15, 0.2) is 0 Å². The van der Waals surface area contributed by atoms with E-state index >= 15 is 0 Å². The molecule has 0 radical (unpaired) electrons. The van der Waals surface area contributed by atoms with Crippen LogP contribution >= 0.6 is 7.82 Å². The van der Waals surface area contributed by atoms with Gasteiger partial charge in [0, 0.05) is 19.3 Å². The molecule has 624 valence electrons. The second-order valence-electron chi connectivity index (χ2n) is 29.7. The van der Waals surface area contributed by atoms with Crippen molar-refractivity contribution >= 4 is 49.5 Å². The molecule has 0 spiro atoms. The molecule has 1 aliphatic rings. The number of phosphoric ester groups is 1. The minimum Gasteiger partial charge on any atom is -0.480 e. The maximum absolute atomic E-state index is 14.8. The van der Waals surface area contributed by atoms with E-state index in [-0.39, 0.29) is 32.1 Å². The molecule has 22 nitrogen and oxygen atoms in total. The van der Waals surface area contributed by atoms with Crippen LogP contribution in [0.25, 0.3) is 0 Å². The number of nitrogens with one attached hydrogen (secondary N) is 2. The molecule has 23 heteroatoms. The minimum atomic E-state index is -5.56. The molecule has 1 heterocycles. The van der Waals surface area contributed by atoms with E-state index in [9.17, 15) is 58.1 Å². The number of ether oxygens (including phenoxy) is 6.